The summed E-state index contributed by atoms with van der Waals surface area (Å²) >= 11 is 0. The Morgan fingerprint density at radius 3 is 2.62 bits per heavy atom. The summed E-state index contributed by atoms with van der Waals surface area (Å²) < 4.78 is 7.64. The lowest BCUT2D eigenvalue weighted by atomic mass is 10.0. The van der Waals surface area contributed by atoms with E-state index in [-0.39, 0.29) is 0 Å². The summed E-state index contributed by atoms with van der Waals surface area (Å²) in [6.45, 7) is 8.07. The van der Waals surface area contributed by atoms with Crippen LogP contribution in [-0.2, 0) is 20.0 Å². The van der Waals surface area contributed by atoms with Crippen LogP contribution in [0.15, 0.2) is 4.42 Å². The second kappa shape index (κ2) is 5.60. The zero-order valence-corrected chi connectivity index (χ0v) is 13.3. The highest BCUT2D eigenvalue weighted by atomic mass is 16.4. The van der Waals surface area contributed by atoms with Crippen LogP contribution in [0.1, 0.15) is 54.5 Å². The first-order valence-electron chi connectivity index (χ1n) is 7.65. The van der Waals surface area contributed by atoms with Gasteiger partial charge < -0.3 is 4.42 Å². The molecule has 0 radical (unpaired) electrons. The van der Waals surface area contributed by atoms with Crippen LogP contribution >= 0.6 is 0 Å². The van der Waals surface area contributed by atoms with Crippen LogP contribution in [0.3, 0.4) is 0 Å². The van der Waals surface area contributed by atoms with Crippen LogP contribution in [0.25, 0.3) is 0 Å². The van der Waals surface area contributed by atoms with Gasteiger partial charge in [-0.15, -0.1) is 10.2 Å². The molecule has 0 aromatic carbocycles. The van der Waals surface area contributed by atoms with E-state index in [1.165, 1.54) is 24.1 Å². The molecule has 114 valence electrons. The van der Waals surface area contributed by atoms with Crippen molar-refractivity contribution in [1.29, 1.82) is 0 Å². The standard InChI is InChI=1S/C15H23N5O/c1-5-13-16-17-14(21-13)9-20-8-6-7-12(20)15-10(2)18-19(4)11(15)3/h12H,5-9H2,1-4H3. The SMILES string of the molecule is CCc1nnc(CN2CCCC2c2c(C)nn(C)c2C)o1. The summed E-state index contributed by atoms with van der Waals surface area (Å²) in [5, 5.41) is 12.8. The van der Waals surface area contributed by atoms with E-state index < -0.39 is 0 Å². The van der Waals surface area contributed by atoms with E-state index in [1.54, 1.807) is 0 Å². The highest BCUT2D eigenvalue weighted by molar-refractivity contribution is 5.29. The Labute approximate surface area is 125 Å². The minimum Gasteiger partial charge on any atom is -0.424 e. The van der Waals surface area contributed by atoms with Crippen LogP contribution in [-0.4, -0.2) is 31.4 Å². The molecule has 1 aliphatic rings. The minimum absolute atomic E-state index is 0.413. The Kier molecular flexibility index (Phi) is 3.80. The molecular formula is C15H23N5O. The van der Waals surface area contributed by atoms with Crippen molar-refractivity contribution < 1.29 is 4.42 Å². The number of aromatic nitrogens is 4. The predicted molar refractivity (Wildman–Crippen MR) is 78.7 cm³/mol. The molecule has 2 aromatic rings. The average molecular weight is 289 g/mol. The number of aryl methyl sites for hydroxylation is 3. The Hall–Kier alpha value is -1.69. The molecule has 1 unspecified atom stereocenters. The van der Waals surface area contributed by atoms with Gasteiger partial charge in [-0.3, -0.25) is 9.58 Å². The van der Waals surface area contributed by atoms with E-state index in [4.69, 9.17) is 4.42 Å². The van der Waals surface area contributed by atoms with Crippen LogP contribution in [0, 0.1) is 13.8 Å². The second-order valence-corrected chi connectivity index (χ2v) is 5.78. The first kappa shape index (κ1) is 14.3. The fourth-order valence-electron chi connectivity index (χ4n) is 3.28. The van der Waals surface area contributed by atoms with Gasteiger partial charge in [-0.2, -0.15) is 5.10 Å². The molecule has 3 heterocycles. The maximum Gasteiger partial charge on any atom is 0.230 e. The third-order valence-corrected chi connectivity index (χ3v) is 4.41. The molecule has 1 aliphatic heterocycles. The molecule has 0 amide bonds. The van der Waals surface area contributed by atoms with E-state index in [9.17, 15) is 0 Å². The molecule has 6 nitrogen and oxygen atoms in total. The van der Waals surface area contributed by atoms with Crippen molar-refractivity contribution in [2.24, 2.45) is 7.05 Å². The predicted octanol–water partition coefficient (Wildman–Crippen LogP) is 2.32. The van der Waals surface area contributed by atoms with Gasteiger partial charge in [0.15, 0.2) is 0 Å². The van der Waals surface area contributed by atoms with Crippen LogP contribution < -0.4 is 0 Å². The Morgan fingerprint density at radius 1 is 1.24 bits per heavy atom. The highest BCUT2D eigenvalue weighted by Crippen LogP contribution is 2.36. The van der Waals surface area contributed by atoms with E-state index in [0.717, 1.165) is 37.0 Å². The van der Waals surface area contributed by atoms with E-state index in [2.05, 4.69) is 34.0 Å². The van der Waals surface area contributed by atoms with E-state index in [1.807, 2.05) is 18.7 Å². The van der Waals surface area contributed by atoms with E-state index in [0.29, 0.717) is 6.04 Å². The van der Waals surface area contributed by atoms with Gasteiger partial charge in [-0.1, -0.05) is 6.92 Å². The summed E-state index contributed by atoms with van der Waals surface area (Å²) in [6, 6.07) is 0.413. The van der Waals surface area contributed by atoms with Crippen molar-refractivity contribution >= 4 is 0 Å². The maximum atomic E-state index is 5.66. The number of hydrogen-bond donors (Lipinski definition) is 0. The summed E-state index contributed by atoms with van der Waals surface area (Å²) in [5.41, 5.74) is 3.75. The normalized spacial score (nSPS) is 19.5. The topological polar surface area (TPSA) is 60.0 Å². The Balaban J connectivity index is 1.82. The third kappa shape index (κ3) is 2.60. The maximum absolute atomic E-state index is 5.66. The van der Waals surface area contributed by atoms with Crippen molar-refractivity contribution in [3.8, 4) is 0 Å². The number of nitrogens with zero attached hydrogens (tertiary/aromatic N) is 5. The molecule has 1 atom stereocenters. The van der Waals surface area contributed by atoms with Gasteiger partial charge in [0.05, 0.1) is 12.2 Å². The lowest BCUT2D eigenvalue weighted by Gasteiger charge is -2.23. The molecule has 1 saturated heterocycles. The molecule has 0 saturated carbocycles. The van der Waals surface area contributed by atoms with Crippen LogP contribution in [0.5, 0.6) is 0 Å². The number of likely N-dealkylation sites (tertiary alicyclic amines) is 1. The lowest BCUT2D eigenvalue weighted by Crippen LogP contribution is -2.23. The van der Waals surface area contributed by atoms with Gasteiger partial charge >= 0.3 is 0 Å². The molecule has 6 heteroatoms. The fraction of sp³-hybridized carbons (Fsp3) is 0.667. The van der Waals surface area contributed by atoms with Crippen LogP contribution in [0.2, 0.25) is 0 Å². The number of rotatable bonds is 4. The molecule has 0 N–H and O–H groups in total. The van der Waals surface area contributed by atoms with Crippen molar-refractivity contribution in [2.75, 3.05) is 6.54 Å². The van der Waals surface area contributed by atoms with Gasteiger partial charge in [-0.25, -0.2) is 0 Å². The van der Waals surface area contributed by atoms with Crippen molar-refractivity contribution in [3.63, 3.8) is 0 Å². The Morgan fingerprint density at radius 2 is 2.00 bits per heavy atom. The quantitative estimate of drug-likeness (QED) is 0.864. The van der Waals surface area contributed by atoms with Crippen molar-refractivity contribution in [3.05, 3.63) is 28.7 Å². The molecule has 0 spiro atoms. The summed E-state index contributed by atoms with van der Waals surface area (Å²) in [4.78, 5) is 2.43. The Bertz CT molecular complexity index is 630. The largest absolute Gasteiger partial charge is 0.424 e. The van der Waals surface area contributed by atoms with Gasteiger partial charge in [0, 0.05) is 30.8 Å². The van der Waals surface area contributed by atoms with E-state index >= 15 is 0 Å². The summed E-state index contributed by atoms with van der Waals surface area (Å²) in [7, 11) is 2.01. The molecule has 0 bridgehead atoms. The highest BCUT2D eigenvalue weighted by Gasteiger charge is 2.31. The minimum atomic E-state index is 0.413. The summed E-state index contributed by atoms with van der Waals surface area (Å²) in [5.74, 6) is 1.44. The fourth-order valence-corrected chi connectivity index (χ4v) is 3.28. The monoisotopic (exact) mass is 289 g/mol. The lowest BCUT2D eigenvalue weighted by molar-refractivity contribution is 0.220. The molecule has 2 aromatic heterocycles. The average Bonchev–Trinajstić information content (AvgIpc) is 3.13. The smallest absolute Gasteiger partial charge is 0.230 e. The van der Waals surface area contributed by atoms with Gasteiger partial charge in [0.25, 0.3) is 0 Å². The first-order valence-corrected chi connectivity index (χ1v) is 7.65. The second-order valence-electron chi connectivity index (χ2n) is 5.78. The zero-order chi connectivity index (χ0) is 15.0. The van der Waals surface area contributed by atoms with Crippen LogP contribution in [0.4, 0.5) is 0 Å². The molecule has 3 rings (SSSR count). The first-order chi connectivity index (χ1) is 10.1. The van der Waals surface area contributed by atoms with Gasteiger partial charge in [-0.05, 0) is 33.2 Å². The zero-order valence-electron chi connectivity index (χ0n) is 13.3. The van der Waals surface area contributed by atoms with Gasteiger partial charge in [0.2, 0.25) is 11.8 Å². The van der Waals surface area contributed by atoms with Gasteiger partial charge in [0.1, 0.15) is 0 Å². The molecule has 21 heavy (non-hydrogen) atoms. The number of hydrogen-bond acceptors (Lipinski definition) is 5. The molecule has 0 aliphatic carbocycles. The summed E-state index contributed by atoms with van der Waals surface area (Å²) in [6.07, 6.45) is 3.16. The van der Waals surface area contributed by atoms with Crippen molar-refractivity contribution in [1.82, 2.24) is 24.9 Å². The van der Waals surface area contributed by atoms with Crippen molar-refractivity contribution in [2.45, 2.75) is 52.6 Å². The molecular weight excluding hydrogens is 266 g/mol. The molecule has 1 fully saturated rings. The third-order valence-electron chi connectivity index (χ3n) is 4.41.